The van der Waals surface area contributed by atoms with Crippen molar-refractivity contribution in [3.05, 3.63) is 54.2 Å². The van der Waals surface area contributed by atoms with E-state index in [1.54, 1.807) is 51.1 Å². The average molecular weight is 479 g/mol. The van der Waals surface area contributed by atoms with Crippen LogP contribution in [0.1, 0.15) is 26.3 Å². The Morgan fingerprint density at radius 2 is 1.79 bits per heavy atom. The Hall–Kier alpha value is -3.41. The normalized spacial score (nSPS) is 11.8. The van der Waals surface area contributed by atoms with Gasteiger partial charge in [0.25, 0.3) is 0 Å². The first-order valence-corrected chi connectivity index (χ1v) is 10.6. The number of rotatable bonds is 5. The van der Waals surface area contributed by atoms with Gasteiger partial charge in [0.05, 0.1) is 11.3 Å². The fourth-order valence-electron chi connectivity index (χ4n) is 2.58. The van der Waals surface area contributed by atoms with Crippen molar-refractivity contribution in [2.45, 2.75) is 37.7 Å². The lowest BCUT2D eigenvalue weighted by atomic mass is 10.2. The van der Waals surface area contributed by atoms with Crippen LogP contribution in [0.4, 0.5) is 23.7 Å². The summed E-state index contributed by atoms with van der Waals surface area (Å²) < 4.78 is 45.7. The van der Waals surface area contributed by atoms with Crippen LogP contribution in [0, 0.1) is 0 Å². The number of nitrogens with one attached hydrogen (secondary N) is 1. The number of thioether (sulfide) groups is 1. The predicted octanol–water partition coefficient (Wildman–Crippen LogP) is 4.87. The lowest BCUT2D eigenvalue weighted by Crippen LogP contribution is -2.28. The van der Waals surface area contributed by atoms with E-state index >= 15 is 0 Å². The van der Waals surface area contributed by atoms with Gasteiger partial charge in [-0.05, 0) is 45.0 Å². The van der Waals surface area contributed by atoms with Gasteiger partial charge in [0.1, 0.15) is 11.3 Å². The maximum atomic E-state index is 13.1. The van der Waals surface area contributed by atoms with Gasteiger partial charge in [-0.3, -0.25) is 9.78 Å². The standard InChI is InChI=1S/C21H20F3N5O3S/c1-20(2,3)32-19(31)29-17(15-11-13(9-10-25-15)21(22,23)24)27-28-18(29)33-12-16(30)26-14-7-5-4-6-8-14/h4-11H,12H2,1-3H3,(H,26,30). The van der Waals surface area contributed by atoms with Crippen LogP contribution in [0.3, 0.4) is 0 Å². The Morgan fingerprint density at radius 3 is 2.42 bits per heavy atom. The molecule has 2 aromatic heterocycles. The van der Waals surface area contributed by atoms with Crippen molar-refractivity contribution in [2.75, 3.05) is 11.1 Å². The van der Waals surface area contributed by atoms with Crippen LogP contribution in [0.2, 0.25) is 0 Å². The number of nitrogens with zero attached hydrogens (tertiary/aromatic N) is 4. The number of anilines is 1. The molecule has 3 aromatic rings. The highest BCUT2D eigenvalue weighted by molar-refractivity contribution is 7.99. The smallest absolute Gasteiger partial charge is 0.422 e. The van der Waals surface area contributed by atoms with Crippen LogP contribution >= 0.6 is 11.8 Å². The van der Waals surface area contributed by atoms with Crippen molar-refractivity contribution in [1.29, 1.82) is 0 Å². The van der Waals surface area contributed by atoms with Crippen LogP contribution in [-0.2, 0) is 15.7 Å². The van der Waals surface area contributed by atoms with Crippen LogP contribution in [0.5, 0.6) is 0 Å². The van der Waals surface area contributed by atoms with Crippen LogP contribution in [0.25, 0.3) is 11.5 Å². The molecule has 1 amide bonds. The summed E-state index contributed by atoms with van der Waals surface area (Å²) in [4.78, 5) is 29.0. The summed E-state index contributed by atoms with van der Waals surface area (Å²) >= 11 is 0.880. The minimum absolute atomic E-state index is 0.0262. The van der Waals surface area contributed by atoms with Gasteiger partial charge < -0.3 is 10.1 Å². The Kier molecular flexibility index (Phi) is 7.06. The molecular formula is C21H20F3N5O3S. The van der Waals surface area contributed by atoms with E-state index in [2.05, 4.69) is 20.5 Å². The molecule has 0 bridgehead atoms. The molecule has 0 fully saturated rings. The first-order valence-electron chi connectivity index (χ1n) is 9.64. The van der Waals surface area contributed by atoms with Gasteiger partial charge in [0.2, 0.25) is 11.1 Å². The molecule has 0 atom stereocenters. The fourth-order valence-corrected chi connectivity index (χ4v) is 3.30. The zero-order valence-electron chi connectivity index (χ0n) is 17.9. The third-order valence-corrected chi connectivity index (χ3v) is 4.84. The van der Waals surface area contributed by atoms with Crippen molar-refractivity contribution in [1.82, 2.24) is 19.7 Å². The van der Waals surface area contributed by atoms with Crippen molar-refractivity contribution in [3.8, 4) is 11.5 Å². The van der Waals surface area contributed by atoms with Crippen LogP contribution in [-0.4, -0.2) is 43.1 Å². The molecule has 0 saturated heterocycles. The van der Waals surface area contributed by atoms with Gasteiger partial charge in [0.15, 0.2) is 5.82 Å². The van der Waals surface area contributed by atoms with E-state index in [4.69, 9.17) is 4.74 Å². The summed E-state index contributed by atoms with van der Waals surface area (Å²) in [5, 5.41) is 10.4. The zero-order chi connectivity index (χ0) is 24.2. The number of benzene rings is 1. The van der Waals surface area contributed by atoms with E-state index < -0.39 is 23.4 Å². The number of halogens is 3. The van der Waals surface area contributed by atoms with Crippen molar-refractivity contribution in [3.63, 3.8) is 0 Å². The van der Waals surface area contributed by atoms with E-state index in [-0.39, 0.29) is 28.3 Å². The third-order valence-electron chi connectivity index (χ3n) is 3.92. The summed E-state index contributed by atoms with van der Waals surface area (Å²) in [5.74, 6) is -0.740. The Balaban J connectivity index is 1.90. The number of pyridine rings is 1. The lowest BCUT2D eigenvalue weighted by Gasteiger charge is -2.20. The lowest BCUT2D eigenvalue weighted by molar-refractivity contribution is -0.137. The first-order chi connectivity index (χ1) is 15.4. The number of hydrogen-bond donors (Lipinski definition) is 1. The Labute approximate surface area is 191 Å². The number of alkyl halides is 3. The largest absolute Gasteiger partial charge is 0.443 e. The molecule has 0 aliphatic heterocycles. The molecule has 0 radical (unpaired) electrons. The van der Waals surface area contributed by atoms with Crippen molar-refractivity contribution in [2.24, 2.45) is 0 Å². The van der Waals surface area contributed by atoms with Gasteiger partial charge in [-0.25, -0.2) is 9.36 Å². The molecular weight excluding hydrogens is 459 g/mol. The molecule has 12 heteroatoms. The number of carbonyl (C=O) groups is 2. The summed E-state index contributed by atoms with van der Waals surface area (Å²) in [5.41, 5.74) is -1.48. The van der Waals surface area contributed by atoms with E-state index in [1.807, 2.05) is 0 Å². The summed E-state index contributed by atoms with van der Waals surface area (Å²) in [6, 6.07) is 10.3. The molecule has 0 aliphatic carbocycles. The Bertz CT molecular complexity index is 1140. The molecule has 174 valence electrons. The number of carbonyl (C=O) groups excluding carboxylic acids is 2. The van der Waals surface area contributed by atoms with Gasteiger partial charge in [-0.1, -0.05) is 30.0 Å². The highest BCUT2D eigenvalue weighted by Gasteiger charge is 2.32. The minimum atomic E-state index is -4.61. The quantitative estimate of drug-likeness (QED) is 0.521. The van der Waals surface area contributed by atoms with Gasteiger partial charge in [-0.15, -0.1) is 10.2 Å². The monoisotopic (exact) mass is 479 g/mol. The average Bonchev–Trinajstić information content (AvgIpc) is 3.15. The summed E-state index contributed by atoms with van der Waals surface area (Å²) in [6.07, 6.45) is -4.55. The number of para-hydroxylation sites is 1. The molecule has 0 unspecified atom stereocenters. The third kappa shape index (κ3) is 6.54. The highest BCUT2D eigenvalue weighted by atomic mass is 32.2. The number of hydrogen-bond acceptors (Lipinski definition) is 7. The maximum Gasteiger partial charge on any atom is 0.422 e. The second-order valence-corrected chi connectivity index (χ2v) is 8.69. The summed E-state index contributed by atoms with van der Waals surface area (Å²) in [6.45, 7) is 4.91. The van der Waals surface area contributed by atoms with E-state index in [0.717, 1.165) is 34.7 Å². The molecule has 1 aromatic carbocycles. The highest BCUT2D eigenvalue weighted by Crippen LogP contribution is 2.32. The van der Waals surface area contributed by atoms with Crippen LogP contribution in [0.15, 0.2) is 53.8 Å². The number of aromatic nitrogens is 4. The van der Waals surface area contributed by atoms with Gasteiger partial charge in [0, 0.05) is 11.9 Å². The molecule has 0 aliphatic rings. The SMILES string of the molecule is CC(C)(C)OC(=O)n1c(SCC(=O)Nc2ccccc2)nnc1-c1cc(C(F)(F)F)ccn1. The molecule has 1 N–H and O–H groups in total. The molecule has 2 heterocycles. The molecule has 0 spiro atoms. The minimum Gasteiger partial charge on any atom is -0.443 e. The molecule has 33 heavy (non-hydrogen) atoms. The van der Waals surface area contributed by atoms with E-state index in [9.17, 15) is 22.8 Å². The fraction of sp³-hybridized carbons (Fsp3) is 0.286. The number of ether oxygens (including phenoxy) is 1. The first kappa shape index (κ1) is 24.2. The second kappa shape index (κ2) is 9.61. The number of amides is 1. The Morgan fingerprint density at radius 1 is 1.09 bits per heavy atom. The molecule has 0 saturated carbocycles. The zero-order valence-corrected chi connectivity index (χ0v) is 18.7. The van der Waals surface area contributed by atoms with E-state index in [0.29, 0.717) is 5.69 Å². The molecule has 3 rings (SSSR count). The van der Waals surface area contributed by atoms with Crippen molar-refractivity contribution >= 4 is 29.4 Å². The topological polar surface area (TPSA) is 99.0 Å². The van der Waals surface area contributed by atoms with Crippen LogP contribution < -0.4 is 5.32 Å². The second-order valence-electron chi connectivity index (χ2n) is 7.75. The molecule has 8 nitrogen and oxygen atoms in total. The van der Waals surface area contributed by atoms with E-state index in [1.165, 1.54) is 0 Å². The summed E-state index contributed by atoms with van der Waals surface area (Å²) in [7, 11) is 0. The van der Waals surface area contributed by atoms with Crippen molar-refractivity contribution < 1.29 is 27.5 Å². The predicted molar refractivity (Wildman–Crippen MR) is 116 cm³/mol. The maximum absolute atomic E-state index is 13.1. The van der Waals surface area contributed by atoms with Gasteiger partial charge in [-0.2, -0.15) is 13.2 Å². The van der Waals surface area contributed by atoms with Gasteiger partial charge >= 0.3 is 12.3 Å².